The van der Waals surface area contributed by atoms with E-state index in [9.17, 15) is 14.7 Å². The molecule has 7 heteroatoms. The Morgan fingerprint density at radius 3 is 3.00 bits per heavy atom. The standard InChI is InChI=1S/C20H27NO4S2/c1-13(2)6-8-15(22)5-3-4-14-7-9-18(23)16(14)10-11-26-20-21-17(12-27-20)19(24)25/h3-4,12,14-16,22H,1,5-11H2,2H3,(H,24,25)/t14-,15+,16+/m0/s1. The Morgan fingerprint density at radius 2 is 2.33 bits per heavy atom. The number of carboxylic acids is 1. The molecule has 2 N–H and O–H groups in total. The molecule has 1 aromatic rings. The Hall–Kier alpha value is -1.44. The van der Waals surface area contributed by atoms with Crippen LogP contribution in [0.2, 0.25) is 0 Å². The number of aliphatic hydroxyl groups excluding tert-OH is 1. The number of carboxylic acid groups (broad SMARTS) is 1. The molecule has 0 saturated heterocycles. The van der Waals surface area contributed by atoms with Crippen LogP contribution >= 0.6 is 23.1 Å². The Morgan fingerprint density at radius 1 is 1.56 bits per heavy atom. The molecule has 1 aliphatic rings. The maximum atomic E-state index is 12.2. The third kappa shape index (κ3) is 7.24. The van der Waals surface area contributed by atoms with Crippen LogP contribution in [0.1, 0.15) is 55.9 Å². The third-order valence-corrected chi connectivity index (χ3v) is 6.76. The second-order valence-corrected chi connectivity index (χ2v) is 9.23. The maximum Gasteiger partial charge on any atom is 0.355 e. The number of carbonyl (C=O) groups excluding carboxylic acids is 1. The third-order valence-electron chi connectivity index (χ3n) is 4.71. The van der Waals surface area contributed by atoms with Crippen LogP contribution in [0.4, 0.5) is 0 Å². The van der Waals surface area contributed by atoms with Gasteiger partial charge in [0.2, 0.25) is 0 Å². The van der Waals surface area contributed by atoms with Crippen molar-refractivity contribution in [2.45, 2.75) is 55.9 Å². The second-order valence-electron chi connectivity index (χ2n) is 7.03. The van der Waals surface area contributed by atoms with Gasteiger partial charge in [0.1, 0.15) is 5.78 Å². The molecule has 1 aromatic heterocycles. The molecule has 0 spiro atoms. The zero-order chi connectivity index (χ0) is 19.8. The van der Waals surface area contributed by atoms with Gasteiger partial charge < -0.3 is 10.2 Å². The molecule has 0 aromatic carbocycles. The lowest BCUT2D eigenvalue weighted by molar-refractivity contribution is -0.121. The summed E-state index contributed by atoms with van der Waals surface area (Å²) in [6.45, 7) is 5.81. The van der Waals surface area contributed by atoms with Crippen molar-refractivity contribution < 1.29 is 19.8 Å². The van der Waals surface area contributed by atoms with Crippen LogP contribution in [0, 0.1) is 11.8 Å². The van der Waals surface area contributed by atoms with Gasteiger partial charge in [-0.1, -0.05) is 29.5 Å². The molecule has 1 aliphatic carbocycles. The van der Waals surface area contributed by atoms with Gasteiger partial charge in [0, 0.05) is 23.5 Å². The molecular weight excluding hydrogens is 382 g/mol. The first-order chi connectivity index (χ1) is 12.9. The number of aromatic nitrogens is 1. The van der Waals surface area contributed by atoms with E-state index >= 15 is 0 Å². The Kier molecular flexibility index (Phi) is 8.73. The lowest BCUT2D eigenvalue weighted by Gasteiger charge is -2.14. The summed E-state index contributed by atoms with van der Waals surface area (Å²) >= 11 is 2.83. The predicted octanol–water partition coefficient (Wildman–Crippen LogP) is 4.58. The van der Waals surface area contributed by atoms with E-state index in [0.29, 0.717) is 18.6 Å². The van der Waals surface area contributed by atoms with Crippen molar-refractivity contribution in [1.29, 1.82) is 0 Å². The quantitative estimate of drug-likeness (QED) is 0.411. The van der Waals surface area contributed by atoms with E-state index < -0.39 is 5.97 Å². The zero-order valence-corrected chi connectivity index (χ0v) is 17.2. The lowest BCUT2D eigenvalue weighted by atomic mass is 9.92. The number of carbonyl (C=O) groups is 2. The molecule has 0 aliphatic heterocycles. The molecule has 0 amide bonds. The van der Waals surface area contributed by atoms with Gasteiger partial charge in [-0.05, 0) is 44.9 Å². The summed E-state index contributed by atoms with van der Waals surface area (Å²) in [5.74, 6) is 0.282. The highest BCUT2D eigenvalue weighted by atomic mass is 32.2. The van der Waals surface area contributed by atoms with Gasteiger partial charge >= 0.3 is 5.97 Å². The Balaban J connectivity index is 1.78. The fourth-order valence-corrected chi connectivity index (χ4v) is 5.07. The summed E-state index contributed by atoms with van der Waals surface area (Å²) in [5, 5.41) is 20.4. The lowest BCUT2D eigenvalue weighted by Crippen LogP contribution is -2.14. The molecule has 3 atom stereocenters. The van der Waals surface area contributed by atoms with Crippen LogP contribution < -0.4 is 0 Å². The number of Topliss-reactive ketones (excluding diaryl/α,β-unsaturated/α-hetero) is 1. The molecule has 0 unspecified atom stereocenters. The summed E-state index contributed by atoms with van der Waals surface area (Å²) in [5.41, 5.74) is 1.15. The van der Waals surface area contributed by atoms with Gasteiger partial charge in [-0.3, -0.25) is 4.79 Å². The van der Waals surface area contributed by atoms with Crippen LogP contribution in [0.3, 0.4) is 0 Å². The summed E-state index contributed by atoms with van der Waals surface area (Å²) in [6, 6.07) is 0. The van der Waals surface area contributed by atoms with E-state index in [1.165, 1.54) is 28.5 Å². The molecule has 2 rings (SSSR count). The summed E-state index contributed by atoms with van der Waals surface area (Å²) in [4.78, 5) is 27.1. The number of aromatic carboxylic acids is 1. The highest BCUT2D eigenvalue weighted by molar-refractivity contribution is 8.01. The highest BCUT2D eigenvalue weighted by Crippen LogP contribution is 2.34. The molecule has 1 heterocycles. The number of aliphatic hydroxyl groups is 1. The predicted molar refractivity (Wildman–Crippen MR) is 109 cm³/mol. The van der Waals surface area contributed by atoms with Crippen molar-refractivity contribution in [1.82, 2.24) is 4.98 Å². The largest absolute Gasteiger partial charge is 0.476 e. The van der Waals surface area contributed by atoms with Gasteiger partial charge in [-0.25, -0.2) is 9.78 Å². The second kappa shape index (κ2) is 10.8. The molecule has 148 valence electrons. The van der Waals surface area contributed by atoms with E-state index in [2.05, 4.69) is 17.6 Å². The first-order valence-corrected chi connectivity index (χ1v) is 11.1. The van der Waals surface area contributed by atoms with Crippen molar-refractivity contribution in [2.75, 3.05) is 5.75 Å². The monoisotopic (exact) mass is 409 g/mol. The highest BCUT2D eigenvalue weighted by Gasteiger charge is 2.32. The maximum absolute atomic E-state index is 12.2. The molecule has 5 nitrogen and oxygen atoms in total. The SMILES string of the molecule is C=C(C)CC[C@H](O)CC=C[C@H]1CCC(=O)[C@@H]1CCSc1nc(C(=O)O)cs1. The minimum Gasteiger partial charge on any atom is -0.476 e. The first kappa shape index (κ1) is 21.9. The molecular formula is C20H27NO4S2. The topological polar surface area (TPSA) is 87.5 Å². The average Bonchev–Trinajstić information content (AvgIpc) is 3.21. The summed E-state index contributed by atoms with van der Waals surface area (Å²) in [6.07, 6.45) is 8.14. The number of thioether (sulfide) groups is 1. The smallest absolute Gasteiger partial charge is 0.355 e. The van der Waals surface area contributed by atoms with Crippen molar-refractivity contribution in [3.63, 3.8) is 0 Å². The summed E-state index contributed by atoms with van der Waals surface area (Å²) < 4.78 is 0.727. The van der Waals surface area contributed by atoms with Crippen molar-refractivity contribution in [3.05, 3.63) is 35.4 Å². The minimum atomic E-state index is -1.01. The number of hydrogen-bond acceptors (Lipinski definition) is 6. The zero-order valence-electron chi connectivity index (χ0n) is 15.6. The number of rotatable bonds is 11. The molecule has 1 fully saturated rings. The number of hydrogen-bond donors (Lipinski definition) is 2. The molecule has 0 bridgehead atoms. The number of nitrogens with zero attached hydrogens (tertiary/aromatic N) is 1. The van der Waals surface area contributed by atoms with E-state index in [1.807, 2.05) is 13.0 Å². The van der Waals surface area contributed by atoms with Crippen LogP contribution in [0.25, 0.3) is 0 Å². The van der Waals surface area contributed by atoms with Gasteiger partial charge in [0.15, 0.2) is 10.0 Å². The van der Waals surface area contributed by atoms with E-state index in [-0.39, 0.29) is 23.6 Å². The molecule has 27 heavy (non-hydrogen) atoms. The van der Waals surface area contributed by atoms with Crippen LogP contribution in [0.5, 0.6) is 0 Å². The number of ketones is 1. The van der Waals surface area contributed by atoms with E-state index in [0.717, 1.165) is 41.3 Å². The van der Waals surface area contributed by atoms with Gasteiger partial charge in [0.05, 0.1) is 6.10 Å². The fraction of sp³-hybridized carbons (Fsp3) is 0.550. The van der Waals surface area contributed by atoms with E-state index in [4.69, 9.17) is 5.11 Å². The fourth-order valence-electron chi connectivity index (χ4n) is 3.18. The Bertz CT molecular complexity index is 698. The van der Waals surface area contributed by atoms with Crippen LogP contribution in [-0.2, 0) is 4.79 Å². The van der Waals surface area contributed by atoms with E-state index in [1.54, 1.807) is 0 Å². The molecule has 1 saturated carbocycles. The number of thiazole rings is 1. The Labute approximate surface area is 168 Å². The average molecular weight is 410 g/mol. The molecule has 0 radical (unpaired) electrons. The van der Waals surface area contributed by atoms with Gasteiger partial charge in [0.25, 0.3) is 0 Å². The normalized spacial score (nSPS) is 21.0. The van der Waals surface area contributed by atoms with Gasteiger partial charge in [-0.15, -0.1) is 17.9 Å². The van der Waals surface area contributed by atoms with Crippen molar-refractivity contribution in [2.24, 2.45) is 11.8 Å². The van der Waals surface area contributed by atoms with Crippen LogP contribution in [0.15, 0.2) is 34.0 Å². The number of allylic oxidation sites excluding steroid dienone is 2. The first-order valence-electron chi connectivity index (χ1n) is 9.20. The van der Waals surface area contributed by atoms with Crippen molar-refractivity contribution in [3.8, 4) is 0 Å². The van der Waals surface area contributed by atoms with Crippen LogP contribution in [-0.4, -0.2) is 38.8 Å². The van der Waals surface area contributed by atoms with Gasteiger partial charge in [-0.2, -0.15) is 0 Å². The van der Waals surface area contributed by atoms with Crippen molar-refractivity contribution >= 4 is 34.9 Å². The summed E-state index contributed by atoms with van der Waals surface area (Å²) in [7, 11) is 0. The minimum absolute atomic E-state index is 0.0141.